The lowest BCUT2D eigenvalue weighted by atomic mass is 10.1. The van der Waals surface area contributed by atoms with Gasteiger partial charge in [-0.3, -0.25) is 14.3 Å². The van der Waals surface area contributed by atoms with Crippen molar-refractivity contribution in [3.05, 3.63) is 66.0 Å². The van der Waals surface area contributed by atoms with Gasteiger partial charge in [0.2, 0.25) is 0 Å². The summed E-state index contributed by atoms with van der Waals surface area (Å²) in [6.07, 6.45) is 2.34. The fourth-order valence-corrected chi connectivity index (χ4v) is 4.88. The second-order valence-electron chi connectivity index (χ2n) is 8.82. The van der Waals surface area contributed by atoms with Crippen LogP contribution in [0, 0.1) is 11.6 Å². The van der Waals surface area contributed by atoms with Crippen molar-refractivity contribution in [2.75, 3.05) is 37.5 Å². The van der Waals surface area contributed by atoms with Crippen molar-refractivity contribution in [3.8, 4) is 17.0 Å². The smallest absolute Gasteiger partial charge is 0.325 e. The van der Waals surface area contributed by atoms with Gasteiger partial charge in [-0.2, -0.15) is 5.10 Å². The highest BCUT2D eigenvalue weighted by atomic mass is 19.1. The number of carbonyl (C=O) groups excluding carboxylic acids is 1. The molecule has 37 heavy (non-hydrogen) atoms. The predicted molar refractivity (Wildman–Crippen MR) is 135 cm³/mol. The number of nitrogens with zero attached hydrogens (tertiary/aromatic N) is 4. The predicted octanol–water partition coefficient (Wildman–Crippen LogP) is 2.66. The number of hydrogen-bond acceptors (Lipinski definition) is 6. The first kappa shape index (κ1) is 24.4. The molecule has 3 heterocycles. The second-order valence-corrected chi connectivity index (χ2v) is 8.82. The zero-order valence-corrected chi connectivity index (χ0v) is 20.7. The molecule has 0 aliphatic carbocycles. The number of carbonyl (C=O) groups is 1. The van der Waals surface area contributed by atoms with Crippen molar-refractivity contribution in [2.45, 2.75) is 12.5 Å². The number of aryl methyl sites for hydroxylation is 1. The molecule has 2 aromatic heterocycles. The molecule has 0 saturated carbocycles. The van der Waals surface area contributed by atoms with Gasteiger partial charge in [0.05, 0.1) is 24.7 Å². The molecule has 1 aliphatic heterocycles. The van der Waals surface area contributed by atoms with Crippen LogP contribution in [0.2, 0.25) is 0 Å². The number of anilines is 2. The minimum absolute atomic E-state index is 0.0385. The number of nitrogens with two attached hydrogens (primary N) is 1. The van der Waals surface area contributed by atoms with E-state index in [1.165, 1.54) is 47.9 Å². The van der Waals surface area contributed by atoms with Gasteiger partial charge < -0.3 is 20.7 Å². The SMILES string of the molecule is COc1cccc(F)c1-c1cccc(C(=O)Nc2cc(F)c3c(cnn3C)c2N2CCC(N)C2)[n+]1OC. The largest absolute Gasteiger partial charge is 0.496 e. The van der Waals surface area contributed by atoms with Gasteiger partial charge in [-0.15, -0.1) is 0 Å². The minimum Gasteiger partial charge on any atom is -0.496 e. The topological polar surface area (TPSA) is 98.5 Å². The Balaban J connectivity index is 1.61. The van der Waals surface area contributed by atoms with Crippen LogP contribution in [0.15, 0.2) is 48.7 Å². The molecule has 9 nitrogen and oxygen atoms in total. The van der Waals surface area contributed by atoms with Crippen molar-refractivity contribution in [3.63, 3.8) is 0 Å². The van der Waals surface area contributed by atoms with Gasteiger partial charge in [0.1, 0.15) is 29.8 Å². The van der Waals surface area contributed by atoms with Gasteiger partial charge in [0, 0.05) is 54.5 Å². The number of fused-ring (bicyclic) bond motifs is 1. The molecule has 0 radical (unpaired) electrons. The van der Waals surface area contributed by atoms with Crippen LogP contribution in [0.4, 0.5) is 20.2 Å². The normalized spacial score (nSPS) is 15.3. The molecule has 3 N–H and O–H groups in total. The van der Waals surface area contributed by atoms with E-state index in [1.807, 2.05) is 4.90 Å². The van der Waals surface area contributed by atoms with E-state index in [0.29, 0.717) is 29.7 Å². The number of benzene rings is 2. The third-order valence-corrected chi connectivity index (χ3v) is 6.55. The van der Waals surface area contributed by atoms with Gasteiger partial charge >= 0.3 is 11.6 Å². The summed E-state index contributed by atoms with van der Waals surface area (Å²) in [6, 6.07) is 10.4. The molecule has 2 aromatic carbocycles. The van der Waals surface area contributed by atoms with Crippen molar-refractivity contribution in [2.24, 2.45) is 12.8 Å². The first-order valence-electron chi connectivity index (χ1n) is 11.7. The number of pyridine rings is 1. The Morgan fingerprint density at radius 1 is 1.19 bits per heavy atom. The highest BCUT2D eigenvalue weighted by Gasteiger charge is 2.32. The van der Waals surface area contributed by atoms with Crippen LogP contribution in [0.25, 0.3) is 22.2 Å². The number of nitrogens with one attached hydrogen (secondary N) is 1. The number of hydrogen-bond donors (Lipinski definition) is 2. The zero-order chi connectivity index (χ0) is 26.3. The minimum atomic E-state index is -0.577. The van der Waals surface area contributed by atoms with E-state index in [4.69, 9.17) is 15.3 Å². The van der Waals surface area contributed by atoms with Crippen molar-refractivity contribution in [1.29, 1.82) is 0 Å². The quantitative estimate of drug-likeness (QED) is 0.388. The summed E-state index contributed by atoms with van der Waals surface area (Å²) in [6.45, 7) is 1.21. The molecule has 0 bridgehead atoms. The lowest BCUT2D eigenvalue weighted by Crippen LogP contribution is -2.49. The summed E-state index contributed by atoms with van der Waals surface area (Å²) in [5.74, 6) is -1.37. The first-order chi connectivity index (χ1) is 17.8. The molecule has 5 rings (SSSR count). The van der Waals surface area contributed by atoms with Crippen molar-refractivity contribution < 1.29 is 27.9 Å². The summed E-state index contributed by atoms with van der Waals surface area (Å²) < 4.78 is 38.0. The maximum Gasteiger partial charge on any atom is 0.325 e. The first-order valence-corrected chi connectivity index (χ1v) is 11.7. The molecule has 4 aromatic rings. The van der Waals surface area contributed by atoms with Crippen LogP contribution in [0.3, 0.4) is 0 Å². The van der Waals surface area contributed by atoms with E-state index in [-0.39, 0.29) is 34.4 Å². The number of rotatable bonds is 6. The molecule has 0 spiro atoms. The highest BCUT2D eigenvalue weighted by Crippen LogP contribution is 2.38. The van der Waals surface area contributed by atoms with Crippen LogP contribution in [0.5, 0.6) is 5.75 Å². The molecule has 1 atom stereocenters. The molecule has 1 unspecified atom stereocenters. The van der Waals surface area contributed by atoms with E-state index < -0.39 is 17.5 Å². The number of ether oxygens (including phenoxy) is 1. The van der Waals surface area contributed by atoms with Crippen molar-refractivity contribution in [1.82, 2.24) is 9.78 Å². The average molecular weight is 510 g/mol. The van der Waals surface area contributed by atoms with Gasteiger partial charge in [-0.25, -0.2) is 8.78 Å². The highest BCUT2D eigenvalue weighted by molar-refractivity contribution is 6.08. The number of amides is 1. The maximum absolute atomic E-state index is 15.2. The Kier molecular flexibility index (Phi) is 6.38. The van der Waals surface area contributed by atoms with Crippen LogP contribution in [-0.4, -0.2) is 49.0 Å². The van der Waals surface area contributed by atoms with E-state index in [0.717, 1.165) is 6.42 Å². The van der Waals surface area contributed by atoms with E-state index in [2.05, 4.69) is 10.4 Å². The molecular formula is C26H27F2N6O3+. The Bertz CT molecular complexity index is 1510. The molecule has 1 fully saturated rings. The summed E-state index contributed by atoms with van der Waals surface area (Å²) in [5.41, 5.74) is 7.86. The third-order valence-electron chi connectivity index (χ3n) is 6.55. The molecule has 1 amide bonds. The summed E-state index contributed by atoms with van der Waals surface area (Å²) in [5, 5.41) is 7.62. The van der Waals surface area contributed by atoms with Gasteiger partial charge in [-0.05, 0) is 24.6 Å². The third kappa shape index (κ3) is 4.20. The standard InChI is InChI=1S/C26H26F2N6O3/c1-32-24-16(13-30-32)25(33-11-10-15(29)14-33)19(12-18(24)28)31-26(35)21-8-5-7-20(34(21)37-3)23-17(27)6-4-9-22(23)36-2/h4-9,12-13,15H,10-11,14,29H2,1-3H3/p+1. The lowest BCUT2D eigenvalue weighted by molar-refractivity contribution is -0.877. The van der Waals surface area contributed by atoms with Crippen molar-refractivity contribution >= 4 is 28.2 Å². The molecule has 11 heteroatoms. The van der Waals surface area contributed by atoms with Gasteiger partial charge in [-0.1, -0.05) is 6.07 Å². The molecule has 1 saturated heterocycles. The number of aromatic nitrogens is 3. The van der Waals surface area contributed by atoms with E-state index >= 15 is 4.39 Å². The van der Waals surface area contributed by atoms with Gasteiger partial charge in [0.25, 0.3) is 5.69 Å². The van der Waals surface area contributed by atoms with E-state index in [9.17, 15) is 9.18 Å². The fraction of sp³-hybridized carbons (Fsp3) is 0.269. The maximum atomic E-state index is 15.2. The monoisotopic (exact) mass is 509 g/mol. The lowest BCUT2D eigenvalue weighted by Gasteiger charge is -2.23. The van der Waals surface area contributed by atoms with Gasteiger partial charge in [0.15, 0.2) is 5.82 Å². The van der Waals surface area contributed by atoms with Crippen LogP contribution < -0.4 is 30.3 Å². The zero-order valence-electron chi connectivity index (χ0n) is 20.7. The Morgan fingerprint density at radius 2 is 1.97 bits per heavy atom. The summed E-state index contributed by atoms with van der Waals surface area (Å²) in [4.78, 5) is 21.1. The Morgan fingerprint density at radius 3 is 2.68 bits per heavy atom. The number of methoxy groups -OCH3 is 1. The molecule has 1 aliphatic rings. The summed E-state index contributed by atoms with van der Waals surface area (Å²) >= 11 is 0. The second kappa shape index (κ2) is 9.66. The van der Waals surface area contributed by atoms with Crippen LogP contribution >= 0.6 is 0 Å². The van der Waals surface area contributed by atoms with E-state index in [1.54, 1.807) is 31.4 Å². The molecular weight excluding hydrogens is 482 g/mol. The Hall–Kier alpha value is -4.25. The van der Waals surface area contributed by atoms with Crippen LogP contribution in [0.1, 0.15) is 16.9 Å². The average Bonchev–Trinajstić information content (AvgIpc) is 3.49. The number of halogens is 2. The fourth-order valence-electron chi connectivity index (χ4n) is 4.88. The van der Waals surface area contributed by atoms with Crippen LogP contribution in [-0.2, 0) is 7.05 Å². The summed E-state index contributed by atoms with van der Waals surface area (Å²) in [7, 11) is 4.46. The Labute approximate surface area is 212 Å². The molecule has 192 valence electrons.